The molecule has 3 rings (SSSR count). The maximum absolute atomic E-state index is 11.8. The van der Waals surface area contributed by atoms with Crippen molar-refractivity contribution in [3.05, 3.63) is 70.7 Å². The normalized spacial score (nSPS) is 26.0. The molecule has 0 aliphatic heterocycles. The van der Waals surface area contributed by atoms with E-state index in [1.165, 1.54) is 6.20 Å². The molecule has 2 aromatic rings. The third-order valence-corrected chi connectivity index (χ3v) is 3.49. The monoisotopic (exact) mass is 243 g/mol. The summed E-state index contributed by atoms with van der Waals surface area (Å²) in [7, 11) is 0. The van der Waals surface area contributed by atoms with Crippen LogP contribution in [0.15, 0.2) is 48.7 Å². The molecule has 4 nitrogen and oxygen atoms in total. The Kier molecular flexibility index (Phi) is 2.54. The van der Waals surface area contributed by atoms with Crippen LogP contribution in [-0.4, -0.2) is 16.3 Å². The van der Waals surface area contributed by atoms with Crippen LogP contribution in [0.4, 0.5) is 0 Å². The Labute approximate surface area is 104 Å². The zero-order valence-corrected chi connectivity index (χ0v) is 9.60. The van der Waals surface area contributed by atoms with Crippen LogP contribution in [-0.2, 0) is 0 Å². The van der Waals surface area contributed by atoms with Gasteiger partial charge in [-0.25, -0.2) is 0 Å². The molecule has 0 radical (unpaired) electrons. The third kappa shape index (κ3) is 1.50. The van der Waals surface area contributed by atoms with Crippen LogP contribution in [0.5, 0.6) is 0 Å². The number of fused-ring (bicyclic) bond motifs is 1. The van der Waals surface area contributed by atoms with Crippen LogP contribution in [0.3, 0.4) is 0 Å². The summed E-state index contributed by atoms with van der Waals surface area (Å²) >= 11 is 0. The number of aliphatic hydroxyl groups excluding tert-OH is 2. The number of benzene rings is 1. The van der Waals surface area contributed by atoms with Crippen molar-refractivity contribution in [3.8, 4) is 0 Å². The fraction of sp³-hybridized carbons (Fsp3) is 0.214. The van der Waals surface area contributed by atoms with E-state index in [2.05, 4.69) is 0 Å². The first-order chi connectivity index (χ1) is 8.70. The average Bonchev–Trinajstić information content (AvgIpc) is 2.64. The van der Waals surface area contributed by atoms with Gasteiger partial charge in [0, 0.05) is 12.1 Å². The number of aromatic nitrogens is 1. The molecule has 1 aliphatic rings. The maximum Gasteiger partial charge on any atom is 0.202 e. The number of rotatable bonds is 1. The van der Waals surface area contributed by atoms with E-state index in [0.717, 1.165) is 10.3 Å². The van der Waals surface area contributed by atoms with Gasteiger partial charge in [0.05, 0.1) is 5.92 Å². The number of aliphatic hydroxyl groups is 2. The Bertz CT molecular complexity index is 585. The van der Waals surface area contributed by atoms with Crippen molar-refractivity contribution in [1.29, 1.82) is 0 Å². The van der Waals surface area contributed by atoms with Crippen molar-refractivity contribution in [2.45, 2.75) is 18.1 Å². The lowest BCUT2D eigenvalue weighted by Crippen LogP contribution is -2.36. The van der Waals surface area contributed by atoms with Gasteiger partial charge in [0.15, 0.2) is 6.20 Å². The molecular formula is C14H13NO3. The lowest BCUT2D eigenvalue weighted by Gasteiger charge is -2.16. The largest absolute Gasteiger partial charge is 0.618 e. The molecule has 0 bridgehead atoms. The van der Waals surface area contributed by atoms with Crippen LogP contribution in [0, 0.1) is 5.21 Å². The smallest absolute Gasteiger partial charge is 0.202 e. The van der Waals surface area contributed by atoms with E-state index < -0.39 is 18.1 Å². The summed E-state index contributed by atoms with van der Waals surface area (Å²) in [6.07, 6.45) is -0.522. The molecule has 1 aromatic heterocycles. The molecular weight excluding hydrogens is 230 g/mol. The van der Waals surface area contributed by atoms with Gasteiger partial charge in [-0.05, 0) is 17.2 Å². The van der Waals surface area contributed by atoms with Crippen molar-refractivity contribution < 1.29 is 14.9 Å². The first kappa shape index (κ1) is 11.2. The summed E-state index contributed by atoms with van der Waals surface area (Å²) < 4.78 is 0.739. The highest BCUT2D eigenvalue weighted by Gasteiger charge is 2.42. The quantitative estimate of drug-likeness (QED) is 0.576. The highest BCUT2D eigenvalue weighted by molar-refractivity contribution is 5.43. The summed E-state index contributed by atoms with van der Waals surface area (Å²) in [6, 6.07) is 12.3. The van der Waals surface area contributed by atoms with Gasteiger partial charge in [0.25, 0.3) is 0 Å². The van der Waals surface area contributed by atoms with E-state index in [9.17, 15) is 15.4 Å². The summed E-state index contributed by atoms with van der Waals surface area (Å²) in [6.45, 7) is 0. The van der Waals surface area contributed by atoms with Crippen LogP contribution >= 0.6 is 0 Å². The zero-order chi connectivity index (χ0) is 12.7. The Hall–Kier alpha value is -1.91. The summed E-state index contributed by atoms with van der Waals surface area (Å²) in [4.78, 5) is 0. The van der Waals surface area contributed by atoms with E-state index in [1.54, 1.807) is 24.3 Å². The Morgan fingerprint density at radius 1 is 0.944 bits per heavy atom. The summed E-state index contributed by atoms with van der Waals surface area (Å²) in [5, 5.41) is 32.0. The van der Waals surface area contributed by atoms with Crippen molar-refractivity contribution in [2.75, 3.05) is 0 Å². The first-order valence-electron chi connectivity index (χ1n) is 5.83. The minimum absolute atomic E-state index is 0.453. The maximum atomic E-state index is 11.8. The highest BCUT2D eigenvalue weighted by atomic mass is 16.5. The van der Waals surface area contributed by atoms with E-state index in [0.29, 0.717) is 11.3 Å². The van der Waals surface area contributed by atoms with Gasteiger partial charge < -0.3 is 15.4 Å². The number of pyridine rings is 1. The number of hydrogen-bond acceptors (Lipinski definition) is 3. The molecule has 0 amide bonds. The summed E-state index contributed by atoms with van der Waals surface area (Å²) in [5.41, 5.74) is 1.96. The standard InChI is InChI=1S/C14H13NO3/c16-13-10-6-2-1-5-9(10)12(14(13)17)11-7-3-4-8-15(11)18/h1-8,12-14,16-17H/t12-,13+,14-/m0/s1. The fourth-order valence-electron chi connectivity index (χ4n) is 2.63. The van der Waals surface area contributed by atoms with Crippen molar-refractivity contribution in [2.24, 2.45) is 0 Å². The van der Waals surface area contributed by atoms with E-state index in [-0.39, 0.29) is 0 Å². The minimum Gasteiger partial charge on any atom is -0.618 e. The molecule has 0 unspecified atom stereocenters. The first-order valence-corrected chi connectivity index (χ1v) is 5.83. The van der Waals surface area contributed by atoms with E-state index >= 15 is 0 Å². The van der Waals surface area contributed by atoms with Gasteiger partial charge >= 0.3 is 0 Å². The average molecular weight is 243 g/mol. The fourth-order valence-corrected chi connectivity index (χ4v) is 2.63. The van der Waals surface area contributed by atoms with Crippen molar-refractivity contribution in [3.63, 3.8) is 0 Å². The van der Waals surface area contributed by atoms with Gasteiger partial charge in [-0.2, -0.15) is 4.73 Å². The van der Waals surface area contributed by atoms with Gasteiger partial charge in [0.1, 0.15) is 12.2 Å². The third-order valence-electron chi connectivity index (χ3n) is 3.49. The molecule has 2 N–H and O–H groups in total. The SMILES string of the molecule is [O-][n+]1ccccc1[C@@H]1c2ccccc2[C@@H](O)[C@H]1O. The van der Waals surface area contributed by atoms with Crippen LogP contribution in [0.1, 0.15) is 28.8 Å². The van der Waals surface area contributed by atoms with Crippen molar-refractivity contribution >= 4 is 0 Å². The second-order valence-corrected chi connectivity index (χ2v) is 4.49. The Morgan fingerprint density at radius 3 is 2.33 bits per heavy atom. The predicted octanol–water partition coefficient (Wildman–Crippen LogP) is 0.860. The molecule has 1 heterocycles. The predicted molar refractivity (Wildman–Crippen MR) is 64.7 cm³/mol. The molecule has 3 atom stereocenters. The van der Waals surface area contributed by atoms with Gasteiger partial charge in [0.2, 0.25) is 5.69 Å². The summed E-state index contributed by atoms with van der Waals surface area (Å²) in [5.74, 6) is -0.477. The topological polar surface area (TPSA) is 67.4 Å². The lowest BCUT2D eigenvalue weighted by atomic mass is 9.95. The van der Waals surface area contributed by atoms with Gasteiger partial charge in [-0.1, -0.05) is 24.3 Å². The number of hydrogen-bond donors (Lipinski definition) is 2. The van der Waals surface area contributed by atoms with E-state index in [1.807, 2.05) is 18.2 Å². The van der Waals surface area contributed by atoms with Crippen molar-refractivity contribution in [1.82, 2.24) is 0 Å². The van der Waals surface area contributed by atoms with Crippen LogP contribution < -0.4 is 4.73 Å². The van der Waals surface area contributed by atoms with Crippen LogP contribution in [0.25, 0.3) is 0 Å². The van der Waals surface area contributed by atoms with Crippen LogP contribution in [0.2, 0.25) is 0 Å². The lowest BCUT2D eigenvalue weighted by molar-refractivity contribution is -0.615. The zero-order valence-electron chi connectivity index (χ0n) is 9.60. The molecule has 18 heavy (non-hydrogen) atoms. The minimum atomic E-state index is -0.981. The van der Waals surface area contributed by atoms with E-state index in [4.69, 9.17) is 0 Å². The molecule has 0 fully saturated rings. The Balaban J connectivity index is 2.16. The molecule has 0 saturated heterocycles. The molecule has 4 heteroatoms. The Morgan fingerprint density at radius 2 is 1.61 bits per heavy atom. The highest BCUT2D eigenvalue weighted by Crippen LogP contribution is 2.42. The van der Waals surface area contributed by atoms with Gasteiger partial charge in [-0.15, -0.1) is 0 Å². The molecule has 1 aromatic carbocycles. The second kappa shape index (κ2) is 4.08. The second-order valence-electron chi connectivity index (χ2n) is 4.49. The number of nitrogens with zero attached hydrogens (tertiary/aromatic N) is 1. The molecule has 0 saturated carbocycles. The molecule has 0 spiro atoms. The molecule has 1 aliphatic carbocycles. The molecule has 92 valence electrons. The van der Waals surface area contributed by atoms with Gasteiger partial charge in [-0.3, -0.25) is 0 Å².